The second kappa shape index (κ2) is 7.83. The van der Waals surface area contributed by atoms with Crippen molar-refractivity contribution in [3.8, 4) is 5.75 Å². The van der Waals surface area contributed by atoms with Gasteiger partial charge in [-0.05, 0) is 76.1 Å². The van der Waals surface area contributed by atoms with E-state index in [2.05, 4.69) is 19.1 Å². The third-order valence-electron chi connectivity index (χ3n) is 6.72. The zero-order valence-electron chi connectivity index (χ0n) is 17.6. The van der Waals surface area contributed by atoms with Crippen molar-refractivity contribution in [1.29, 1.82) is 0 Å². The molecule has 1 aromatic carbocycles. The maximum Gasteiger partial charge on any atom is 0.415 e. The van der Waals surface area contributed by atoms with Gasteiger partial charge in [0, 0.05) is 23.5 Å². The van der Waals surface area contributed by atoms with Gasteiger partial charge in [-0.1, -0.05) is 32.3 Å². The Bertz CT molecular complexity index is 677. The maximum absolute atomic E-state index is 12.7. The van der Waals surface area contributed by atoms with Crippen molar-refractivity contribution in [2.24, 2.45) is 11.7 Å². The van der Waals surface area contributed by atoms with Gasteiger partial charge in [0.05, 0.1) is 0 Å². The highest BCUT2D eigenvalue weighted by Crippen LogP contribution is 2.46. The fourth-order valence-corrected chi connectivity index (χ4v) is 5.27. The van der Waals surface area contributed by atoms with E-state index in [1.807, 2.05) is 33.8 Å². The van der Waals surface area contributed by atoms with Crippen LogP contribution < -0.4 is 10.5 Å². The molecule has 0 radical (unpaired) electrons. The van der Waals surface area contributed by atoms with Crippen molar-refractivity contribution in [3.05, 3.63) is 29.3 Å². The summed E-state index contributed by atoms with van der Waals surface area (Å²) in [6.45, 7) is 10.4. The van der Waals surface area contributed by atoms with Gasteiger partial charge in [-0.3, -0.25) is 0 Å². The van der Waals surface area contributed by atoms with Crippen LogP contribution in [0.3, 0.4) is 0 Å². The lowest BCUT2D eigenvalue weighted by molar-refractivity contribution is 0.122. The minimum atomic E-state index is -0.277. The first kappa shape index (κ1) is 20.2. The summed E-state index contributed by atoms with van der Waals surface area (Å²) in [5.41, 5.74) is 9.41. The second-order valence-corrected chi connectivity index (χ2v) is 9.29. The second-order valence-electron chi connectivity index (χ2n) is 9.29. The number of carbonyl (C=O) groups is 1. The molecular weight excluding hydrogens is 336 g/mol. The first-order valence-corrected chi connectivity index (χ1v) is 10.6. The number of hydrogen-bond acceptors (Lipinski definition) is 3. The molecule has 2 aliphatic carbocycles. The molecule has 3 rings (SSSR count). The number of carbonyl (C=O) groups excluding carboxylic acids is 1. The number of benzene rings is 1. The molecule has 0 saturated heterocycles. The summed E-state index contributed by atoms with van der Waals surface area (Å²) < 4.78 is 5.79. The molecule has 1 saturated carbocycles. The van der Waals surface area contributed by atoms with Gasteiger partial charge in [-0.25, -0.2) is 4.79 Å². The van der Waals surface area contributed by atoms with Gasteiger partial charge in [0.15, 0.2) is 0 Å². The van der Waals surface area contributed by atoms with Crippen LogP contribution in [0, 0.1) is 5.92 Å². The van der Waals surface area contributed by atoms with Crippen LogP contribution in [-0.4, -0.2) is 29.1 Å². The average Bonchev–Trinajstić information content (AvgIpc) is 2.58. The molecule has 0 heterocycles. The van der Waals surface area contributed by atoms with E-state index in [-0.39, 0.29) is 29.6 Å². The first-order valence-electron chi connectivity index (χ1n) is 10.6. The third-order valence-corrected chi connectivity index (χ3v) is 6.72. The van der Waals surface area contributed by atoms with E-state index in [9.17, 15) is 4.79 Å². The summed E-state index contributed by atoms with van der Waals surface area (Å²) in [6, 6.07) is 6.59. The number of amides is 1. The van der Waals surface area contributed by atoms with Crippen molar-refractivity contribution in [2.75, 3.05) is 0 Å². The Hall–Kier alpha value is -1.55. The van der Waals surface area contributed by atoms with Crippen LogP contribution in [-0.2, 0) is 11.8 Å². The molecule has 4 nitrogen and oxygen atoms in total. The molecule has 0 aromatic heterocycles. The normalized spacial score (nSPS) is 27.7. The van der Waals surface area contributed by atoms with Crippen LogP contribution in [0.15, 0.2) is 18.2 Å². The van der Waals surface area contributed by atoms with Crippen molar-refractivity contribution in [1.82, 2.24) is 4.90 Å². The van der Waals surface area contributed by atoms with Gasteiger partial charge < -0.3 is 15.4 Å². The van der Waals surface area contributed by atoms with Gasteiger partial charge in [0.1, 0.15) is 5.75 Å². The molecule has 150 valence electrons. The Balaban J connectivity index is 1.90. The van der Waals surface area contributed by atoms with E-state index in [1.54, 1.807) is 4.90 Å². The predicted octanol–water partition coefficient (Wildman–Crippen LogP) is 5.03. The molecule has 2 aliphatic rings. The molecule has 3 atom stereocenters. The molecule has 2 bridgehead atoms. The molecular formula is C23H36N2O2. The Kier molecular flexibility index (Phi) is 5.85. The SMILES string of the molecule is CC(C)N(C(=O)Oc1ccc2c(c1)[C@@]1(C)CCCCC[C@@H](C2)[C@@H]1N)C(C)C. The Morgan fingerprint density at radius 3 is 2.56 bits per heavy atom. The fraction of sp³-hybridized carbons (Fsp3) is 0.696. The van der Waals surface area contributed by atoms with Crippen LogP contribution in [0.25, 0.3) is 0 Å². The highest BCUT2D eigenvalue weighted by molar-refractivity contribution is 5.71. The number of hydrogen-bond donors (Lipinski definition) is 1. The monoisotopic (exact) mass is 372 g/mol. The zero-order chi connectivity index (χ0) is 19.8. The number of nitrogens with two attached hydrogens (primary N) is 1. The van der Waals surface area contributed by atoms with Crippen molar-refractivity contribution < 1.29 is 9.53 Å². The summed E-state index contributed by atoms with van der Waals surface area (Å²) >= 11 is 0. The molecule has 4 heteroatoms. The Labute approximate surface area is 164 Å². The van der Waals surface area contributed by atoms with E-state index in [0.29, 0.717) is 11.7 Å². The summed E-state index contributed by atoms with van der Waals surface area (Å²) in [6.07, 6.45) is 6.91. The third kappa shape index (κ3) is 3.87. The molecule has 2 N–H and O–H groups in total. The first-order chi connectivity index (χ1) is 12.7. The van der Waals surface area contributed by atoms with Crippen LogP contribution in [0.1, 0.15) is 77.8 Å². The lowest BCUT2D eigenvalue weighted by Crippen LogP contribution is -2.52. The number of fused-ring (bicyclic) bond motifs is 4. The van der Waals surface area contributed by atoms with Gasteiger partial charge in [0.2, 0.25) is 0 Å². The molecule has 1 amide bonds. The van der Waals surface area contributed by atoms with Gasteiger partial charge >= 0.3 is 6.09 Å². The van der Waals surface area contributed by atoms with Gasteiger partial charge in [-0.2, -0.15) is 0 Å². The van der Waals surface area contributed by atoms with Crippen LogP contribution in [0.5, 0.6) is 5.75 Å². The van der Waals surface area contributed by atoms with Crippen LogP contribution in [0.4, 0.5) is 4.79 Å². The minimum absolute atomic E-state index is 0.0309. The Morgan fingerprint density at radius 1 is 1.19 bits per heavy atom. The molecule has 27 heavy (non-hydrogen) atoms. The van der Waals surface area contributed by atoms with E-state index < -0.39 is 0 Å². The summed E-state index contributed by atoms with van der Waals surface area (Å²) in [5.74, 6) is 1.20. The topological polar surface area (TPSA) is 55.6 Å². The smallest absolute Gasteiger partial charge is 0.410 e. The largest absolute Gasteiger partial charge is 0.415 e. The van der Waals surface area contributed by atoms with Crippen molar-refractivity contribution in [2.45, 2.75) is 96.7 Å². The molecule has 0 aliphatic heterocycles. The lowest BCUT2D eigenvalue weighted by atomic mass is 9.60. The zero-order valence-corrected chi connectivity index (χ0v) is 17.6. The summed E-state index contributed by atoms with van der Waals surface area (Å²) in [7, 11) is 0. The number of rotatable bonds is 3. The number of nitrogens with zero attached hydrogens (tertiary/aromatic N) is 1. The van der Waals surface area contributed by atoms with E-state index in [0.717, 1.165) is 12.8 Å². The standard InChI is InChI=1S/C23H36N2O2/c1-15(2)25(16(3)4)22(26)27-19-11-10-17-13-18-9-7-6-8-12-23(5,21(18)24)20(17)14-19/h10-11,14-16,18,21H,6-9,12-13,24H2,1-5H3/t18-,21-,23+/m0/s1. The van der Waals surface area contributed by atoms with E-state index >= 15 is 0 Å². The minimum Gasteiger partial charge on any atom is -0.410 e. The van der Waals surface area contributed by atoms with Crippen molar-refractivity contribution in [3.63, 3.8) is 0 Å². The molecule has 0 spiro atoms. The summed E-state index contributed by atoms with van der Waals surface area (Å²) in [4.78, 5) is 14.5. The molecule has 1 aromatic rings. The Morgan fingerprint density at radius 2 is 1.89 bits per heavy atom. The fourth-order valence-electron chi connectivity index (χ4n) is 5.27. The van der Waals surface area contributed by atoms with Crippen LogP contribution in [0.2, 0.25) is 0 Å². The van der Waals surface area contributed by atoms with Crippen LogP contribution >= 0.6 is 0 Å². The van der Waals surface area contributed by atoms with Gasteiger partial charge in [-0.15, -0.1) is 0 Å². The summed E-state index contributed by atoms with van der Waals surface area (Å²) in [5, 5.41) is 0. The molecule has 0 unspecified atom stereocenters. The van der Waals surface area contributed by atoms with Gasteiger partial charge in [0.25, 0.3) is 0 Å². The van der Waals surface area contributed by atoms with E-state index in [4.69, 9.17) is 10.5 Å². The molecule has 1 fully saturated rings. The van der Waals surface area contributed by atoms with Crippen molar-refractivity contribution >= 4 is 6.09 Å². The number of ether oxygens (including phenoxy) is 1. The maximum atomic E-state index is 12.7. The van der Waals surface area contributed by atoms with E-state index in [1.165, 1.54) is 36.8 Å². The predicted molar refractivity (Wildman–Crippen MR) is 110 cm³/mol. The average molecular weight is 373 g/mol. The lowest BCUT2D eigenvalue weighted by Gasteiger charge is -2.47. The highest BCUT2D eigenvalue weighted by Gasteiger charge is 2.44. The quantitative estimate of drug-likeness (QED) is 0.810. The highest BCUT2D eigenvalue weighted by atomic mass is 16.6.